The summed E-state index contributed by atoms with van der Waals surface area (Å²) >= 11 is 1.22. The van der Waals surface area contributed by atoms with Crippen molar-refractivity contribution in [2.45, 2.75) is 0 Å². The zero-order valence-electron chi connectivity index (χ0n) is 14.8. The average molecular weight is 379 g/mol. The van der Waals surface area contributed by atoms with Gasteiger partial charge in [0.05, 0.1) is 23.9 Å². The molecule has 0 bridgehead atoms. The molecule has 0 spiro atoms. The second kappa shape index (κ2) is 6.24. The van der Waals surface area contributed by atoms with Crippen molar-refractivity contribution in [3.8, 4) is 5.75 Å². The third-order valence-corrected chi connectivity index (χ3v) is 5.28. The van der Waals surface area contributed by atoms with Crippen LogP contribution in [0.4, 0.5) is 22.0 Å². The van der Waals surface area contributed by atoms with E-state index in [9.17, 15) is 9.59 Å². The fraction of sp³-hybridized carbons (Fsp3) is 0.176. The van der Waals surface area contributed by atoms with Crippen molar-refractivity contribution < 1.29 is 14.3 Å². The summed E-state index contributed by atoms with van der Waals surface area (Å²) in [6, 6.07) is 4.59. The number of carbonyl (C=O) groups is 2. The summed E-state index contributed by atoms with van der Waals surface area (Å²) < 4.78 is 5.25. The van der Waals surface area contributed by atoms with Gasteiger partial charge in [0.2, 0.25) is 0 Å². The van der Waals surface area contributed by atoms with Gasteiger partial charge < -0.3 is 15.0 Å². The summed E-state index contributed by atoms with van der Waals surface area (Å²) in [5.41, 5.74) is 1.44. The number of urea groups is 1. The first-order chi connectivity index (χ1) is 12.9. The molecule has 0 unspecified atom stereocenters. The van der Waals surface area contributed by atoms with Gasteiger partial charge in [0.15, 0.2) is 5.82 Å². The van der Waals surface area contributed by atoms with E-state index in [-0.39, 0.29) is 5.91 Å². The van der Waals surface area contributed by atoms with Crippen LogP contribution in [0.1, 0.15) is 9.67 Å². The topological polar surface area (TPSA) is 87.7 Å². The molecule has 27 heavy (non-hydrogen) atoms. The first kappa shape index (κ1) is 17.3. The molecule has 0 atom stereocenters. The highest BCUT2D eigenvalue weighted by Gasteiger charge is 2.34. The summed E-state index contributed by atoms with van der Waals surface area (Å²) in [5.74, 6) is 0.645. The molecule has 0 saturated carbocycles. The number of anilines is 3. The smallest absolute Gasteiger partial charge is 0.332 e. The van der Waals surface area contributed by atoms with E-state index in [1.165, 1.54) is 34.6 Å². The molecule has 0 aliphatic carbocycles. The highest BCUT2D eigenvalue weighted by molar-refractivity contribution is 7.21. The van der Waals surface area contributed by atoms with Gasteiger partial charge in [-0.3, -0.25) is 4.79 Å². The van der Waals surface area contributed by atoms with Crippen molar-refractivity contribution >= 4 is 64.0 Å². The maximum Gasteiger partial charge on any atom is 0.332 e. The maximum absolute atomic E-state index is 12.9. The van der Waals surface area contributed by atoms with E-state index in [2.05, 4.69) is 15.3 Å². The van der Waals surface area contributed by atoms with Crippen molar-refractivity contribution in [2.24, 2.45) is 0 Å². The van der Waals surface area contributed by atoms with E-state index in [1.54, 1.807) is 32.3 Å². The van der Waals surface area contributed by atoms with Gasteiger partial charge in [-0.2, -0.15) is 0 Å². The Morgan fingerprint density at radius 2 is 2.11 bits per heavy atom. The number of amides is 3. The molecule has 3 aromatic rings. The average Bonchev–Trinajstić information content (AvgIpc) is 3.01. The van der Waals surface area contributed by atoms with Crippen LogP contribution in [0.5, 0.6) is 5.75 Å². The third kappa shape index (κ3) is 2.60. The molecule has 2 aromatic heterocycles. The van der Waals surface area contributed by atoms with Crippen LogP contribution in [-0.4, -0.2) is 55.9 Å². The summed E-state index contributed by atoms with van der Waals surface area (Å²) in [4.78, 5) is 37.9. The molecule has 0 saturated heterocycles. The van der Waals surface area contributed by atoms with Crippen molar-refractivity contribution in [3.05, 3.63) is 29.4 Å². The van der Waals surface area contributed by atoms with Gasteiger partial charge in [0.1, 0.15) is 29.6 Å². The first-order valence-electron chi connectivity index (χ1n) is 7.96. The third-order valence-electron chi connectivity index (χ3n) is 4.19. The van der Waals surface area contributed by atoms with Crippen LogP contribution in [-0.2, 0) is 0 Å². The minimum Gasteiger partial charge on any atom is -0.497 e. The van der Waals surface area contributed by atoms with E-state index in [0.717, 1.165) is 0 Å². The molecule has 8 nitrogen and oxygen atoms in total. The maximum atomic E-state index is 12.9. The molecule has 1 N–H and O–H groups in total. The number of hydrogen-bond acceptors (Lipinski definition) is 6. The van der Waals surface area contributed by atoms with Gasteiger partial charge in [-0.15, -0.1) is 11.3 Å². The zero-order chi connectivity index (χ0) is 19.3. The van der Waals surface area contributed by atoms with Crippen LogP contribution < -0.4 is 20.4 Å². The van der Waals surface area contributed by atoms with E-state index < -0.39 is 6.03 Å². The Balaban J connectivity index is 1.94. The quantitative estimate of drug-likeness (QED) is 0.703. The predicted molar refractivity (Wildman–Crippen MR) is 105 cm³/mol. The summed E-state index contributed by atoms with van der Waals surface area (Å²) in [7, 11) is 10.7. The van der Waals surface area contributed by atoms with Gasteiger partial charge >= 0.3 is 6.03 Å². The lowest BCUT2D eigenvalue weighted by Gasteiger charge is -2.27. The largest absolute Gasteiger partial charge is 0.497 e. The molecular weight excluding hydrogens is 365 g/mol. The van der Waals surface area contributed by atoms with Gasteiger partial charge in [-0.05, 0) is 6.07 Å². The fourth-order valence-corrected chi connectivity index (χ4v) is 4.01. The molecule has 3 amide bonds. The summed E-state index contributed by atoms with van der Waals surface area (Å²) in [6.07, 6.45) is 1.38. The lowest BCUT2D eigenvalue weighted by molar-refractivity contribution is 0.0833. The van der Waals surface area contributed by atoms with E-state index in [0.29, 0.717) is 43.5 Å². The van der Waals surface area contributed by atoms with Crippen molar-refractivity contribution in [1.29, 1.82) is 0 Å². The minimum absolute atomic E-state index is 0.207. The molecule has 2 radical (unpaired) electrons. The normalized spacial score (nSPS) is 12.9. The van der Waals surface area contributed by atoms with E-state index in [1.807, 2.05) is 0 Å². The number of hydrogen-bond donors (Lipinski definition) is 1. The molecule has 10 heteroatoms. The fourth-order valence-electron chi connectivity index (χ4n) is 2.90. The molecule has 1 aliphatic rings. The predicted octanol–water partition coefficient (Wildman–Crippen LogP) is 1.88. The number of nitrogens with one attached hydrogen (secondary N) is 1. The Morgan fingerprint density at radius 1 is 1.33 bits per heavy atom. The van der Waals surface area contributed by atoms with Crippen LogP contribution in [0, 0.1) is 0 Å². The number of rotatable bonds is 3. The van der Waals surface area contributed by atoms with Crippen LogP contribution in [0.3, 0.4) is 0 Å². The van der Waals surface area contributed by atoms with Gasteiger partial charge in [-0.25, -0.2) is 19.7 Å². The van der Waals surface area contributed by atoms with Gasteiger partial charge in [0.25, 0.3) is 5.91 Å². The molecule has 134 valence electrons. The van der Waals surface area contributed by atoms with Crippen molar-refractivity contribution in [1.82, 2.24) is 14.9 Å². The Bertz CT molecular complexity index is 1100. The standard InChI is InChI=1S/C17H14BN5O3S/c1-22(2)16(24)13-12-11-14(19-7-20-15(11)27-13)23(17(25)21-12)8-4-5-9(18)10(6-8)26-3/h4-7H,1-3H3,(H,21,25). The van der Waals surface area contributed by atoms with Crippen molar-refractivity contribution in [3.63, 3.8) is 0 Å². The molecule has 3 heterocycles. The first-order valence-corrected chi connectivity index (χ1v) is 8.77. The number of benzene rings is 1. The highest BCUT2D eigenvalue weighted by Crippen LogP contribution is 2.44. The van der Waals surface area contributed by atoms with E-state index in [4.69, 9.17) is 12.6 Å². The molecule has 1 aliphatic heterocycles. The van der Waals surface area contributed by atoms with Crippen LogP contribution in [0.2, 0.25) is 0 Å². The summed E-state index contributed by atoms with van der Waals surface area (Å²) in [6.45, 7) is 0. The van der Waals surface area contributed by atoms with Crippen LogP contribution in [0.25, 0.3) is 10.2 Å². The Kier molecular flexibility index (Phi) is 3.99. The lowest BCUT2D eigenvalue weighted by Crippen LogP contribution is -2.35. The van der Waals surface area contributed by atoms with Crippen LogP contribution >= 0.6 is 11.3 Å². The van der Waals surface area contributed by atoms with Gasteiger partial charge in [-0.1, -0.05) is 11.5 Å². The van der Waals surface area contributed by atoms with Gasteiger partial charge in [0, 0.05) is 20.2 Å². The Labute approximate surface area is 160 Å². The van der Waals surface area contributed by atoms with E-state index >= 15 is 0 Å². The highest BCUT2D eigenvalue weighted by atomic mass is 32.1. The lowest BCUT2D eigenvalue weighted by atomic mass is 9.94. The summed E-state index contributed by atoms with van der Waals surface area (Å²) in [5, 5.41) is 3.43. The molecule has 1 aromatic carbocycles. The Hall–Kier alpha value is -3.14. The number of nitrogens with zero attached hydrogens (tertiary/aromatic N) is 4. The SMILES string of the molecule is [B]c1ccc(N2C(=O)Nc3c(C(=O)N(C)C)sc4ncnc2c34)cc1OC. The Morgan fingerprint density at radius 3 is 2.81 bits per heavy atom. The number of thiophene rings is 1. The molecule has 4 rings (SSSR count). The minimum atomic E-state index is -0.430. The van der Waals surface area contributed by atoms with Crippen molar-refractivity contribution in [2.75, 3.05) is 31.4 Å². The number of methoxy groups -OCH3 is 1. The second-order valence-corrected chi connectivity index (χ2v) is 7.07. The molecule has 0 fully saturated rings. The number of aromatic nitrogens is 2. The zero-order valence-corrected chi connectivity index (χ0v) is 15.6. The number of ether oxygens (including phenoxy) is 1. The number of carbonyl (C=O) groups excluding carboxylic acids is 2. The molecular formula is C17H14BN5O3S. The second-order valence-electron chi connectivity index (χ2n) is 6.08. The van der Waals surface area contributed by atoms with Crippen LogP contribution in [0.15, 0.2) is 24.5 Å². The monoisotopic (exact) mass is 379 g/mol.